The third-order valence-electron chi connectivity index (χ3n) is 20.3. The zero-order valence-electron chi connectivity index (χ0n) is 78.4. The van der Waals surface area contributed by atoms with E-state index in [-0.39, 0.29) is 238 Å². The Labute approximate surface area is 807 Å². The summed E-state index contributed by atoms with van der Waals surface area (Å²) in [6.07, 6.45) is 1.33. The van der Waals surface area contributed by atoms with Crippen molar-refractivity contribution in [3.8, 4) is 0 Å². The van der Waals surface area contributed by atoms with Gasteiger partial charge in [0.2, 0.25) is 88.6 Å². The number of oxime groups is 2. The molecule has 770 valence electrons. The number of rotatable bonds is 65. The van der Waals surface area contributed by atoms with Gasteiger partial charge in [-0.05, 0) is 124 Å². The van der Waals surface area contributed by atoms with Crippen LogP contribution in [0.2, 0.25) is 0 Å². The summed E-state index contributed by atoms with van der Waals surface area (Å²) in [6, 6.07) is -2.56. The Hall–Kier alpha value is -10.4. The lowest BCUT2D eigenvalue weighted by molar-refractivity contribution is -0.141. The van der Waals surface area contributed by atoms with Crippen LogP contribution in [0, 0.1) is 5.92 Å². The molecule has 1 heterocycles. The summed E-state index contributed by atoms with van der Waals surface area (Å²) in [5.74, 6) is -14.6. The fourth-order valence-corrected chi connectivity index (χ4v) is 13.5. The average Bonchev–Trinajstić information content (AvgIpc) is 0.937. The maximum absolute atomic E-state index is 14.7. The lowest BCUT2D eigenvalue weighted by Gasteiger charge is -2.28. The number of hydrogen-bond acceptors (Lipinski definition) is 34. The topological polar surface area (TPSA) is 715 Å². The summed E-state index contributed by atoms with van der Waals surface area (Å²) >= 11 is 9.43. The number of benzene rings is 1. The van der Waals surface area contributed by atoms with Crippen LogP contribution >= 0.6 is 37.0 Å². The number of ether oxygens (including phenoxy) is 8. The largest absolute Gasteiger partial charge is 0.481 e. The Morgan fingerprint density at radius 2 is 0.875 bits per heavy atom. The molecule has 1 saturated heterocycles. The average molecular weight is 1990 g/mol. The minimum atomic E-state index is -1.89. The molecule has 2 rings (SSSR count). The van der Waals surface area contributed by atoms with Crippen molar-refractivity contribution in [1.29, 1.82) is 0 Å². The second kappa shape index (κ2) is 72.9. The molecule has 25 N–H and O–H groups in total. The van der Waals surface area contributed by atoms with E-state index in [4.69, 9.17) is 55.1 Å². The molecule has 1 aromatic carbocycles. The van der Waals surface area contributed by atoms with Crippen LogP contribution in [-0.2, 0) is 121 Å². The van der Waals surface area contributed by atoms with Gasteiger partial charge in [0.1, 0.15) is 68.7 Å². The van der Waals surface area contributed by atoms with Crippen LogP contribution in [0.15, 0.2) is 45.6 Å². The maximum atomic E-state index is 14.7. The van der Waals surface area contributed by atoms with E-state index in [2.05, 4.69) is 126 Å². The van der Waals surface area contributed by atoms with Crippen LogP contribution in [0.25, 0.3) is 0 Å². The zero-order valence-corrected chi connectivity index (χ0v) is 81.0. The first-order valence-electron chi connectivity index (χ1n) is 44.8. The number of aliphatic imine (C=N–C) groups is 1. The van der Waals surface area contributed by atoms with Gasteiger partial charge in [-0.2, -0.15) is 25.3 Å². The number of thioether (sulfide) groups is 1. The van der Waals surface area contributed by atoms with Crippen molar-refractivity contribution in [3.05, 3.63) is 35.9 Å². The van der Waals surface area contributed by atoms with E-state index < -0.39 is 161 Å². The van der Waals surface area contributed by atoms with Crippen LogP contribution in [0.4, 0.5) is 0 Å². The molecule has 136 heavy (non-hydrogen) atoms. The number of guanidine groups is 1. The second-order valence-electron chi connectivity index (χ2n) is 32.1. The Morgan fingerprint density at radius 1 is 0.463 bits per heavy atom. The van der Waals surface area contributed by atoms with Crippen molar-refractivity contribution in [2.24, 2.45) is 38.4 Å². The molecule has 0 spiro atoms. The molecule has 0 aliphatic carbocycles. The number of nitrogens with one attached hydrogen (secondary N) is 16. The number of carbonyl (C=O) groups excluding carboxylic acids is 15. The van der Waals surface area contributed by atoms with Gasteiger partial charge in [0.25, 0.3) is 0 Å². The first-order valence-corrected chi connectivity index (χ1v) is 47.2. The second-order valence-corrected chi connectivity index (χ2v) is 33.9. The number of carboxylic acids is 1. The summed E-state index contributed by atoms with van der Waals surface area (Å²) < 4.78 is 43.0. The van der Waals surface area contributed by atoms with Gasteiger partial charge in [0.15, 0.2) is 5.96 Å². The van der Waals surface area contributed by atoms with Gasteiger partial charge in [-0.25, -0.2) is 0 Å². The molecule has 1 fully saturated rings. The summed E-state index contributed by atoms with van der Waals surface area (Å²) in [4.78, 5) is 216. The number of primary amides is 1. The van der Waals surface area contributed by atoms with Crippen LogP contribution < -0.4 is 102 Å². The van der Waals surface area contributed by atoms with Gasteiger partial charge in [-0.15, -0.1) is 11.8 Å². The van der Waals surface area contributed by atoms with Crippen molar-refractivity contribution >= 4 is 149 Å². The Morgan fingerprint density at radius 3 is 1.35 bits per heavy atom. The number of unbranched alkanes of at least 4 members (excludes halogenated alkanes) is 1. The molecule has 15 amide bonds. The van der Waals surface area contributed by atoms with Gasteiger partial charge in [-0.3, -0.25) is 81.7 Å². The molecule has 0 aromatic heterocycles. The maximum Gasteiger partial charge on any atom is 0.305 e. The predicted molar refractivity (Wildman–Crippen MR) is 507 cm³/mol. The lowest BCUT2D eigenvalue weighted by Crippen LogP contribution is -2.60. The molecule has 1 aliphatic heterocycles. The monoisotopic (exact) mass is 1990 g/mol. The molecular weight excluding hydrogens is 1850 g/mol. The van der Waals surface area contributed by atoms with Gasteiger partial charge in [0, 0.05) is 82.3 Å². The van der Waals surface area contributed by atoms with E-state index in [0.29, 0.717) is 43.0 Å². The number of amides is 15. The first kappa shape index (κ1) is 122. The fourth-order valence-electron chi connectivity index (χ4n) is 12.2. The Bertz CT molecular complexity index is 3880. The number of hydrogen-bond donors (Lipinski definition) is 24. The summed E-state index contributed by atoms with van der Waals surface area (Å²) in [7, 11) is 0. The molecule has 0 radical (unpaired) electrons. The number of carbonyl (C=O) groups is 16. The molecule has 0 saturated carbocycles. The van der Waals surface area contributed by atoms with E-state index >= 15 is 0 Å². The molecule has 0 unspecified atom stereocenters. The Kier molecular flexibility index (Phi) is 65.2. The van der Waals surface area contributed by atoms with Crippen LogP contribution in [0.5, 0.6) is 0 Å². The van der Waals surface area contributed by atoms with Crippen molar-refractivity contribution in [1.82, 2.24) is 85.1 Å². The van der Waals surface area contributed by atoms with Crippen molar-refractivity contribution < 1.29 is 130 Å². The molecule has 49 nitrogen and oxygen atoms in total. The quantitative estimate of drug-likeness (QED) is 0.00720. The molecule has 1 aliphatic rings. The highest BCUT2D eigenvalue weighted by Gasteiger charge is 2.35. The van der Waals surface area contributed by atoms with Gasteiger partial charge < -0.3 is 156 Å². The summed E-state index contributed by atoms with van der Waals surface area (Å²) in [5.41, 5.74) is 16.4. The van der Waals surface area contributed by atoms with Crippen molar-refractivity contribution in [3.63, 3.8) is 0 Å². The highest BCUT2D eigenvalue weighted by molar-refractivity contribution is 8.00. The smallest absolute Gasteiger partial charge is 0.305 e. The number of thiol groups is 2. The zero-order chi connectivity index (χ0) is 101. The fraction of sp³-hybridized carbons (Fsp3) is 0.702. The molecular formula is C84H144N22O27S3. The van der Waals surface area contributed by atoms with E-state index in [1.165, 1.54) is 0 Å². The van der Waals surface area contributed by atoms with Crippen LogP contribution in [-0.4, -0.2) is 375 Å². The first-order chi connectivity index (χ1) is 64.9. The molecule has 0 bridgehead atoms. The lowest BCUT2D eigenvalue weighted by atomic mass is 9.94. The number of aliphatic carboxylic acids is 1. The molecule has 1 aromatic rings. The highest BCUT2D eigenvalue weighted by Crippen LogP contribution is 2.17. The minimum absolute atomic E-state index is 0.00230. The van der Waals surface area contributed by atoms with Gasteiger partial charge in [-0.1, -0.05) is 40.6 Å². The number of nitrogens with zero attached hydrogens (tertiary/aromatic N) is 3. The highest BCUT2D eigenvalue weighted by atomic mass is 32.2. The van der Waals surface area contributed by atoms with E-state index in [9.17, 15) is 92.2 Å². The third kappa shape index (κ3) is 58.9. The summed E-state index contributed by atoms with van der Waals surface area (Å²) in [6.45, 7) is 12.7. The molecule has 52 heteroatoms. The molecule has 7 atom stereocenters. The standard InChI is InChI=1S/C84H144N22O27S3/c1-55(105-124)83(3,4)96-26-21-57(22-27-97-84(5,6)56(2)106-125)20-25-89-68(109)19-12-18-67(108)88-23-11-10-16-60-77(119)102-63(51-134)80(122)100-59(17-13-24-94-82(86)87)75(117)95-46-69(110)99-62(45-74(115)116)79(121)103-64(52-135)81(123)101-61(44-58-14-8-7-9-15-58)78(120)104-65(53-136-54-73(114)98-60)76(118)93-31-35-129-39-43-131-42-38-128-34-30-92-72(113)50-133-49-71(112)91-29-33-127-37-41-130-40-36-126-32-28-90-70(111)48-132-47-66(85)107/h7-9,14-15,57,59-65,96-97,124-125,134-135H,10-13,16-54H2,1-6H3,(H2,85,107)(H,88,108)(H,89,109)(H,90,111)(H,91,112)(H,92,113)(H,93,118)(H,95,117)(H,98,114)(H,99,110)(H,100,122)(H,101,123)(H,102,119)(H,103,121)(H,104,120)(H,115,116)(H4,86,87,94)/b105-55-,106-56-/t59-,60-,61-,62-,63-,64-,65-/m0/s1. The third-order valence-corrected chi connectivity index (χ3v) is 22.1. The summed E-state index contributed by atoms with van der Waals surface area (Å²) in [5, 5.41) is 78.3. The predicted octanol–water partition coefficient (Wildman–Crippen LogP) is -6.25. The SMILES string of the molecule is C/C(=N/O)C(C)(C)NCCC(CCNC(=O)CCCC(=O)NCCCC[C@@H]1NC(=O)CSC[C@@H](C(=O)NCCOCCOCCOCCNC(=O)COCC(=O)NCCOCCOCCOCCNC(=O)COCC(N)=O)NC(=O)[C@H](Cc2ccccc2)NC(=O)[C@H](CS)NC(=O)[C@H](CC(=O)O)NC(=O)CNC(=O)[C@H](CCCN=C(N)N)NC(=O)[C@H](CS)NC1=O)CCNC(C)(C)/C(C)=N\O. The Balaban J connectivity index is 2.23. The van der Waals surface area contributed by atoms with Crippen LogP contribution in [0.3, 0.4) is 0 Å². The normalized spacial score (nSPS) is 18.1. The van der Waals surface area contributed by atoms with E-state index in [1.807, 2.05) is 27.7 Å². The van der Waals surface area contributed by atoms with E-state index in [0.717, 1.165) is 24.6 Å². The minimum Gasteiger partial charge on any atom is -0.481 e. The van der Waals surface area contributed by atoms with Crippen LogP contribution in [0.1, 0.15) is 124 Å². The van der Waals surface area contributed by atoms with E-state index in [1.54, 1.807) is 44.2 Å². The van der Waals surface area contributed by atoms with Crippen molar-refractivity contribution in [2.75, 3.05) is 194 Å². The van der Waals surface area contributed by atoms with Gasteiger partial charge >= 0.3 is 5.97 Å². The number of nitrogens with two attached hydrogens (primary N) is 3. The van der Waals surface area contributed by atoms with Gasteiger partial charge in [0.05, 0.1) is 121 Å². The van der Waals surface area contributed by atoms with Crippen molar-refractivity contribution in [2.45, 2.75) is 178 Å². The number of carboxylic acid groups (broad SMARTS) is 1.